The number of aromatic nitrogens is 3. The second-order valence-corrected chi connectivity index (χ2v) is 4.12. The van der Waals surface area contributed by atoms with Gasteiger partial charge in [0.2, 0.25) is 0 Å². The molecule has 0 aromatic carbocycles. The highest BCUT2D eigenvalue weighted by atomic mass is 79.9. The molecule has 1 N–H and O–H groups in total. The van der Waals surface area contributed by atoms with Gasteiger partial charge in [-0.1, -0.05) is 11.6 Å². The Balaban J connectivity index is 2.88. The van der Waals surface area contributed by atoms with Crippen molar-refractivity contribution in [1.82, 2.24) is 15.0 Å². The highest BCUT2D eigenvalue weighted by Gasteiger charge is 2.06. The van der Waals surface area contributed by atoms with Crippen LogP contribution >= 0.6 is 43.5 Å². The van der Waals surface area contributed by atoms with Crippen molar-refractivity contribution >= 4 is 54.6 Å². The summed E-state index contributed by atoms with van der Waals surface area (Å²) in [5, 5.41) is 0.602. The Labute approximate surface area is 89.8 Å². The van der Waals surface area contributed by atoms with E-state index in [1.807, 2.05) is 0 Å². The van der Waals surface area contributed by atoms with Gasteiger partial charge in [0, 0.05) is 0 Å². The third-order valence-corrected chi connectivity index (χ3v) is 2.43. The maximum atomic E-state index is 5.91. The average Bonchev–Trinajstić information content (AvgIpc) is 2.29. The maximum absolute atomic E-state index is 5.91. The third-order valence-electron chi connectivity index (χ3n) is 1.35. The van der Waals surface area contributed by atoms with Gasteiger partial charge in [0.1, 0.15) is 10.1 Å². The van der Waals surface area contributed by atoms with E-state index in [4.69, 9.17) is 11.6 Å². The SMILES string of the molecule is Clc1cc(Br)nc2nc(Br)[nH]c12. The minimum atomic E-state index is 0.598. The Bertz CT molecular complexity index is 440. The predicted octanol–water partition coefficient (Wildman–Crippen LogP) is 3.14. The zero-order valence-electron chi connectivity index (χ0n) is 5.61. The van der Waals surface area contributed by atoms with E-state index in [-0.39, 0.29) is 0 Å². The van der Waals surface area contributed by atoms with Crippen LogP contribution in [0.2, 0.25) is 5.02 Å². The van der Waals surface area contributed by atoms with Gasteiger partial charge < -0.3 is 4.98 Å². The number of halogens is 3. The zero-order valence-corrected chi connectivity index (χ0v) is 9.53. The van der Waals surface area contributed by atoms with Crippen molar-refractivity contribution in [3.8, 4) is 0 Å². The van der Waals surface area contributed by atoms with Crippen molar-refractivity contribution in [2.24, 2.45) is 0 Å². The van der Waals surface area contributed by atoms with Gasteiger partial charge in [0.25, 0.3) is 0 Å². The Morgan fingerprint density at radius 2 is 2.08 bits per heavy atom. The van der Waals surface area contributed by atoms with Crippen molar-refractivity contribution in [3.63, 3.8) is 0 Å². The Kier molecular flexibility index (Phi) is 2.10. The van der Waals surface area contributed by atoms with Crippen LogP contribution in [0, 0.1) is 0 Å². The van der Waals surface area contributed by atoms with Crippen LogP contribution in [0.4, 0.5) is 0 Å². The van der Waals surface area contributed by atoms with E-state index in [1.165, 1.54) is 0 Å². The summed E-state index contributed by atoms with van der Waals surface area (Å²) in [6.45, 7) is 0. The molecule has 0 amide bonds. The number of hydrogen-bond donors (Lipinski definition) is 1. The number of hydrogen-bond acceptors (Lipinski definition) is 2. The molecular weight excluding hydrogens is 309 g/mol. The Morgan fingerprint density at radius 3 is 2.83 bits per heavy atom. The fourth-order valence-corrected chi connectivity index (χ4v) is 2.02. The summed E-state index contributed by atoms with van der Waals surface area (Å²) >= 11 is 12.3. The van der Waals surface area contributed by atoms with Crippen molar-refractivity contribution in [3.05, 3.63) is 20.4 Å². The fourth-order valence-electron chi connectivity index (χ4n) is 0.893. The molecule has 0 bridgehead atoms. The van der Waals surface area contributed by atoms with Crippen LogP contribution in [-0.2, 0) is 0 Å². The lowest BCUT2D eigenvalue weighted by molar-refractivity contribution is 1.24. The minimum Gasteiger partial charge on any atom is -0.330 e. The molecular formula is C6H2Br2ClN3. The molecule has 2 rings (SSSR count). The van der Waals surface area contributed by atoms with Gasteiger partial charge in [0.15, 0.2) is 10.4 Å². The predicted molar refractivity (Wildman–Crippen MR) is 54.3 cm³/mol. The normalized spacial score (nSPS) is 10.9. The molecule has 2 heterocycles. The van der Waals surface area contributed by atoms with E-state index >= 15 is 0 Å². The lowest BCUT2D eigenvalue weighted by Crippen LogP contribution is -1.79. The number of pyridine rings is 1. The highest BCUT2D eigenvalue weighted by molar-refractivity contribution is 9.10. The summed E-state index contributed by atoms with van der Waals surface area (Å²) in [5.74, 6) is 0. The van der Waals surface area contributed by atoms with Gasteiger partial charge in [-0.25, -0.2) is 9.97 Å². The molecule has 0 aliphatic rings. The molecule has 0 aliphatic heterocycles. The number of nitrogens with one attached hydrogen (secondary N) is 1. The van der Waals surface area contributed by atoms with Crippen molar-refractivity contribution in [2.75, 3.05) is 0 Å². The molecule has 0 fully saturated rings. The summed E-state index contributed by atoms with van der Waals surface area (Å²) in [6, 6.07) is 1.72. The lowest BCUT2D eigenvalue weighted by Gasteiger charge is -1.92. The molecule has 0 unspecified atom stereocenters. The van der Waals surface area contributed by atoms with Crippen LogP contribution in [0.1, 0.15) is 0 Å². The number of fused-ring (bicyclic) bond motifs is 1. The molecule has 0 atom stereocenters. The quantitative estimate of drug-likeness (QED) is 0.760. The van der Waals surface area contributed by atoms with Crippen LogP contribution < -0.4 is 0 Å². The number of nitrogens with zero attached hydrogens (tertiary/aromatic N) is 2. The maximum Gasteiger partial charge on any atom is 0.181 e. The van der Waals surface area contributed by atoms with E-state index in [0.29, 0.717) is 20.0 Å². The number of rotatable bonds is 0. The van der Waals surface area contributed by atoms with E-state index in [9.17, 15) is 0 Å². The van der Waals surface area contributed by atoms with Crippen LogP contribution in [0.3, 0.4) is 0 Å². The van der Waals surface area contributed by atoms with Gasteiger partial charge in [-0.15, -0.1) is 0 Å². The van der Waals surface area contributed by atoms with E-state index < -0.39 is 0 Å². The smallest absolute Gasteiger partial charge is 0.181 e. The number of H-pyrrole nitrogens is 1. The summed E-state index contributed by atoms with van der Waals surface area (Å²) in [5.41, 5.74) is 1.34. The van der Waals surface area contributed by atoms with E-state index in [2.05, 4.69) is 46.8 Å². The first-order valence-corrected chi connectivity index (χ1v) is 5.00. The summed E-state index contributed by atoms with van der Waals surface area (Å²) < 4.78 is 1.31. The number of imidazole rings is 1. The van der Waals surface area contributed by atoms with Crippen LogP contribution in [0.15, 0.2) is 15.4 Å². The van der Waals surface area contributed by atoms with Crippen LogP contribution in [0.25, 0.3) is 11.2 Å². The average molecular weight is 311 g/mol. The lowest BCUT2D eigenvalue weighted by atomic mass is 10.4. The second kappa shape index (κ2) is 2.97. The molecule has 0 radical (unpaired) electrons. The van der Waals surface area contributed by atoms with Crippen molar-refractivity contribution in [2.45, 2.75) is 0 Å². The molecule has 6 heteroatoms. The molecule has 2 aromatic heterocycles. The first-order chi connectivity index (χ1) is 5.66. The Morgan fingerprint density at radius 1 is 1.33 bits per heavy atom. The molecule has 2 aromatic rings. The van der Waals surface area contributed by atoms with Crippen molar-refractivity contribution < 1.29 is 0 Å². The molecule has 0 saturated heterocycles. The summed E-state index contributed by atoms with van der Waals surface area (Å²) in [6.07, 6.45) is 0. The van der Waals surface area contributed by atoms with E-state index in [1.54, 1.807) is 6.07 Å². The van der Waals surface area contributed by atoms with Gasteiger partial charge in [-0.3, -0.25) is 0 Å². The van der Waals surface area contributed by atoms with Gasteiger partial charge in [-0.05, 0) is 37.9 Å². The molecule has 3 nitrogen and oxygen atoms in total. The molecule has 0 aliphatic carbocycles. The van der Waals surface area contributed by atoms with Crippen molar-refractivity contribution in [1.29, 1.82) is 0 Å². The fraction of sp³-hybridized carbons (Fsp3) is 0. The standard InChI is InChI=1S/C6H2Br2ClN3/c7-3-1-2(9)4-5(10-3)12-6(8)11-4/h1H,(H,10,11,12). The summed E-state index contributed by atoms with van der Waals surface area (Å²) in [4.78, 5) is 11.1. The first-order valence-electron chi connectivity index (χ1n) is 3.04. The van der Waals surface area contributed by atoms with Crippen LogP contribution in [0.5, 0.6) is 0 Å². The third kappa shape index (κ3) is 1.36. The topological polar surface area (TPSA) is 41.6 Å². The largest absolute Gasteiger partial charge is 0.330 e. The van der Waals surface area contributed by atoms with Crippen LogP contribution in [-0.4, -0.2) is 15.0 Å². The van der Waals surface area contributed by atoms with Gasteiger partial charge >= 0.3 is 0 Å². The zero-order chi connectivity index (χ0) is 8.72. The second-order valence-electron chi connectivity index (χ2n) is 2.15. The number of aromatic amines is 1. The van der Waals surface area contributed by atoms with Gasteiger partial charge in [-0.2, -0.15) is 0 Å². The molecule has 12 heavy (non-hydrogen) atoms. The van der Waals surface area contributed by atoms with Gasteiger partial charge in [0.05, 0.1) is 5.02 Å². The Hall–Kier alpha value is -0.130. The first kappa shape index (κ1) is 8.47. The molecule has 62 valence electrons. The summed E-state index contributed by atoms with van der Waals surface area (Å²) in [7, 11) is 0. The molecule has 0 saturated carbocycles. The minimum absolute atomic E-state index is 0.598. The monoisotopic (exact) mass is 309 g/mol. The van der Waals surface area contributed by atoms with E-state index in [0.717, 1.165) is 5.52 Å². The molecule has 0 spiro atoms. The highest BCUT2D eigenvalue weighted by Crippen LogP contribution is 2.24.